The zero-order valence-electron chi connectivity index (χ0n) is 16.1. The molecule has 1 aromatic carbocycles. The Labute approximate surface area is 174 Å². The molecule has 2 fully saturated rings. The monoisotopic (exact) mass is 408 g/mol. The van der Waals surface area contributed by atoms with Crippen LogP contribution in [0.15, 0.2) is 48.8 Å². The maximum absolute atomic E-state index is 11.7. The number of likely N-dealkylation sites (tertiary alicyclic amines) is 1. The van der Waals surface area contributed by atoms with Crippen molar-refractivity contribution in [1.82, 2.24) is 14.9 Å². The summed E-state index contributed by atoms with van der Waals surface area (Å²) in [5, 5.41) is 1.06. The van der Waals surface area contributed by atoms with Crippen LogP contribution in [0.3, 0.4) is 0 Å². The Hall–Kier alpha value is -2.86. The molecule has 0 atom stereocenters. The number of halogens is 1. The molecule has 6 nitrogen and oxygen atoms in total. The van der Waals surface area contributed by atoms with Crippen LogP contribution >= 0.6 is 11.6 Å². The van der Waals surface area contributed by atoms with E-state index >= 15 is 0 Å². The van der Waals surface area contributed by atoms with Gasteiger partial charge >= 0.3 is 0 Å². The van der Waals surface area contributed by atoms with Gasteiger partial charge in [0.1, 0.15) is 5.88 Å². The number of nitrogens with zero attached hydrogens (tertiary/aromatic N) is 4. The quantitative estimate of drug-likeness (QED) is 0.620. The van der Waals surface area contributed by atoms with Crippen LogP contribution in [0.2, 0.25) is 0 Å². The number of aromatic nitrogens is 2. The first-order valence-electron chi connectivity index (χ1n) is 9.58. The fraction of sp³-hybridized carbons (Fsp3) is 0.318. The SMILES string of the molecule is COc1ccc2cc(-c3cncc(N4CC5(CN(C(=O)CCl)C5)C4)c3)ccc2n1. The van der Waals surface area contributed by atoms with E-state index in [1.54, 1.807) is 7.11 Å². The molecule has 0 bridgehead atoms. The molecule has 7 heteroatoms. The van der Waals surface area contributed by atoms with Gasteiger partial charge < -0.3 is 14.5 Å². The summed E-state index contributed by atoms with van der Waals surface area (Å²) in [5.74, 6) is 0.713. The third kappa shape index (κ3) is 3.17. The summed E-state index contributed by atoms with van der Waals surface area (Å²) in [7, 11) is 1.62. The Balaban J connectivity index is 1.32. The number of rotatable bonds is 4. The number of carbonyl (C=O) groups excluding carboxylic acids is 1. The number of pyridine rings is 2. The minimum absolute atomic E-state index is 0.0304. The van der Waals surface area contributed by atoms with Crippen molar-refractivity contribution in [3.8, 4) is 17.0 Å². The highest BCUT2D eigenvalue weighted by Gasteiger charge is 2.53. The van der Waals surface area contributed by atoms with Gasteiger partial charge in [-0.15, -0.1) is 11.6 Å². The zero-order valence-corrected chi connectivity index (χ0v) is 16.9. The Kier molecular flexibility index (Phi) is 4.32. The van der Waals surface area contributed by atoms with Gasteiger partial charge in [-0.05, 0) is 29.8 Å². The Morgan fingerprint density at radius 3 is 2.69 bits per heavy atom. The van der Waals surface area contributed by atoms with Crippen LogP contribution in [-0.4, -0.2) is 59.9 Å². The van der Waals surface area contributed by atoms with Gasteiger partial charge in [0.2, 0.25) is 11.8 Å². The summed E-state index contributed by atoms with van der Waals surface area (Å²) >= 11 is 5.65. The molecule has 3 aromatic rings. The van der Waals surface area contributed by atoms with E-state index in [0.717, 1.165) is 53.9 Å². The number of fused-ring (bicyclic) bond motifs is 1. The number of ether oxygens (including phenoxy) is 1. The standard InChI is InChI=1S/C22H21ClN4O2/c1-29-20-5-3-16-6-15(2-4-19(16)25-20)17-7-18(10-24-9-17)26-11-22(12-26)13-27(14-22)21(28)8-23/h2-7,9-10H,8,11-14H2,1H3. The first-order chi connectivity index (χ1) is 14.1. The molecule has 0 radical (unpaired) electrons. The zero-order chi connectivity index (χ0) is 20.0. The van der Waals surface area contributed by atoms with Crippen molar-refractivity contribution < 1.29 is 9.53 Å². The van der Waals surface area contributed by atoms with Crippen LogP contribution < -0.4 is 9.64 Å². The van der Waals surface area contributed by atoms with E-state index in [1.165, 1.54) is 0 Å². The Bertz CT molecular complexity index is 1090. The molecule has 4 heterocycles. The van der Waals surface area contributed by atoms with Crippen molar-refractivity contribution in [2.45, 2.75) is 0 Å². The fourth-order valence-corrected chi connectivity index (χ4v) is 4.50. The summed E-state index contributed by atoms with van der Waals surface area (Å²) < 4.78 is 5.20. The average Bonchev–Trinajstić information content (AvgIpc) is 2.71. The van der Waals surface area contributed by atoms with Gasteiger partial charge in [0.15, 0.2) is 0 Å². The molecule has 5 rings (SSSR count). The maximum atomic E-state index is 11.7. The molecule has 148 valence electrons. The second kappa shape index (κ2) is 6.88. The van der Waals surface area contributed by atoms with Crippen molar-refractivity contribution in [2.75, 3.05) is 44.1 Å². The highest BCUT2D eigenvalue weighted by atomic mass is 35.5. The molecular formula is C22H21ClN4O2. The van der Waals surface area contributed by atoms with E-state index in [0.29, 0.717) is 5.88 Å². The highest BCUT2D eigenvalue weighted by molar-refractivity contribution is 6.27. The number of anilines is 1. The van der Waals surface area contributed by atoms with E-state index in [9.17, 15) is 4.79 Å². The lowest BCUT2D eigenvalue weighted by molar-refractivity contribution is -0.142. The van der Waals surface area contributed by atoms with Crippen molar-refractivity contribution in [3.05, 3.63) is 48.8 Å². The predicted octanol–water partition coefficient (Wildman–Crippen LogP) is 3.19. The number of benzene rings is 1. The molecule has 0 saturated carbocycles. The lowest BCUT2D eigenvalue weighted by Crippen LogP contribution is -2.73. The van der Waals surface area contributed by atoms with Gasteiger partial charge in [-0.2, -0.15) is 0 Å². The Morgan fingerprint density at radius 2 is 1.93 bits per heavy atom. The smallest absolute Gasteiger partial charge is 0.237 e. The number of hydrogen-bond acceptors (Lipinski definition) is 5. The van der Waals surface area contributed by atoms with Crippen LogP contribution in [0.5, 0.6) is 5.88 Å². The molecule has 1 amide bonds. The molecule has 0 aliphatic carbocycles. The van der Waals surface area contributed by atoms with Crippen LogP contribution in [0, 0.1) is 5.41 Å². The fourth-order valence-electron chi connectivity index (χ4n) is 4.33. The molecule has 2 aliphatic rings. The lowest BCUT2D eigenvalue weighted by Gasteiger charge is -2.60. The van der Waals surface area contributed by atoms with Crippen molar-refractivity contribution >= 4 is 34.1 Å². The van der Waals surface area contributed by atoms with Crippen LogP contribution in [0.25, 0.3) is 22.0 Å². The summed E-state index contributed by atoms with van der Waals surface area (Å²) in [6.45, 7) is 3.52. The van der Waals surface area contributed by atoms with E-state index < -0.39 is 0 Å². The van der Waals surface area contributed by atoms with E-state index in [-0.39, 0.29) is 17.2 Å². The minimum Gasteiger partial charge on any atom is -0.481 e. The summed E-state index contributed by atoms with van der Waals surface area (Å²) in [4.78, 5) is 24.8. The molecule has 2 aromatic heterocycles. The van der Waals surface area contributed by atoms with E-state index in [1.807, 2.05) is 35.5 Å². The molecule has 1 spiro atoms. The van der Waals surface area contributed by atoms with Gasteiger partial charge in [0.05, 0.1) is 24.5 Å². The number of methoxy groups -OCH3 is 1. The van der Waals surface area contributed by atoms with Crippen molar-refractivity contribution in [2.24, 2.45) is 5.41 Å². The second-order valence-electron chi connectivity index (χ2n) is 7.93. The lowest BCUT2D eigenvalue weighted by atomic mass is 9.72. The molecule has 2 saturated heterocycles. The first-order valence-corrected chi connectivity index (χ1v) is 10.1. The maximum Gasteiger partial charge on any atom is 0.237 e. The van der Waals surface area contributed by atoms with Crippen LogP contribution in [-0.2, 0) is 4.79 Å². The van der Waals surface area contributed by atoms with Crippen molar-refractivity contribution in [3.63, 3.8) is 0 Å². The molecule has 0 unspecified atom stereocenters. The second-order valence-corrected chi connectivity index (χ2v) is 8.20. The average molecular weight is 409 g/mol. The van der Waals surface area contributed by atoms with E-state index in [2.05, 4.69) is 33.1 Å². The molecule has 29 heavy (non-hydrogen) atoms. The predicted molar refractivity (Wildman–Crippen MR) is 113 cm³/mol. The van der Waals surface area contributed by atoms with Gasteiger partial charge in [-0.3, -0.25) is 9.78 Å². The normalized spacial score (nSPS) is 17.2. The molecule has 2 aliphatic heterocycles. The van der Waals surface area contributed by atoms with Crippen LogP contribution in [0.1, 0.15) is 0 Å². The van der Waals surface area contributed by atoms with Gasteiger partial charge in [0, 0.05) is 54.8 Å². The Morgan fingerprint density at radius 1 is 1.10 bits per heavy atom. The number of alkyl halides is 1. The topological polar surface area (TPSA) is 58.6 Å². The number of amides is 1. The summed E-state index contributed by atoms with van der Waals surface area (Å²) in [5.41, 5.74) is 4.43. The van der Waals surface area contributed by atoms with Gasteiger partial charge in [0.25, 0.3) is 0 Å². The van der Waals surface area contributed by atoms with Gasteiger partial charge in [-0.1, -0.05) is 6.07 Å². The first kappa shape index (κ1) is 18.2. The molecular weight excluding hydrogens is 388 g/mol. The van der Waals surface area contributed by atoms with Crippen LogP contribution in [0.4, 0.5) is 5.69 Å². The third-order valence-corrected chi connectivity index (χ3v) is 6.10. The van der Waals surface area contributed by atoms with Gasteiger partial charge in [-0.25, -0.2) is 4.98 Å². The third-order valence-electron chi connectivity index (χ3n) is 5.87. The minimum atomic E-state index is 0.0304. The van der Waals surface area contributed by atoms with E-state index in [4.69, 9.17) is 16.3 Å². The summed E-state index contributed by atoms with van der Waals surface area (Å²) in [6, 6.07) is 12.3. The number of hydrogen-bond donors (Lipinski definition) is 0. The summed E-state index contributed by atoms with van der Waals surface area (Å²) in [6.07, 6.45) is 3.80. The van der Waals surface area contributed by atoms with Crippen molar-refractivity contribution in [1.29, 1.82) is 0 Å². The highest BCUT2D eigenvalue weighted by Crippen LogP contribution is 2.42. The largest absolute Gasteiger partial charge is 0.481 e. The molecule has 0 N–H and O–H groups in total. The number of carbonyl (C=O) groups is 1.